The molecule has 0 amide bonds. The molecular formula is C13H20N2O3. The van der Waals surface area contributed by atoms with E-state index in [1.165, 1.54) is 18.9 Å². The summed E-state index contributed by atoms with van der Waals surface area (Å²) in [6, 6.07) is 2.11. The molecule has 1 fully saturated rings. The van der Waals surface area contributed by atoms with Gasteiger partial charge in [-0.25, -0.2) is 4.79 Å². The number of likely N-dealkylation sites (tertiary alicyclic amines) is 1. The Kier molecular flexibility index (Phi) is 4.01. The van der Waals surface area contributed by atoms with Crippen LogP contribution in [0, 0.1) is 5.92 Å². The standard InChI is InChI=1S/C13H20N2O3/c1-9(2)15-5-3-4-10(8-15)6-11-7-12(13(16)17)14-18-11/h7,9-10H,3-6,8H2,1-2H3,(H,16,17). The van der Waals surface area contributed by atoms with Crippen molar-refractivity contribution in [3.8, 4) is 0 Å². The van der Waals surface area contributed by atoms with Gasteiger partial charge in [0.2, 0.25) is 0 Å². The number of carbonyl (C=O) groups is 1. The third-order valence-corrected chi connectivity index (χ3v) is 3.55. The van der Waals surface area contributed by atoms with E-state index in [1.807, 2.05) is 0 Å². The molecule has 5 heteroatoms. The summed E-state index contributed by atoms with van der Waals surface area (Å²) in [4.78, 5) is 13.2. The highest BCUT2D eigenvalue weighted by Crippen LogP contribution is 2.22. The number of hydrogen-bond acceptors (Lipinski definition) is 4. The fraction of sp³-hybridized carbons (Fsp3) is 0.692. The summed E-state index contributed by atoms with van der Waals surface area (Å²) in [5, 5.41) is 12.3. The number of rotatable bonds is 4. The molecule has 1 N–H and O–H groups in total. The molecule has 100 valence electrons. The van der Waals surface area contributed by atoms with E-state index in [1.54, 1.807) is 0 Å². The Hall–Kier alpha value is -1.36. The van der Waals surface area contributed by atoms with Gasteiger partial charge < -0.3 is 14.5 Å². The Labute approximate surface area is 107 Å². The van der Waals surface area contributed by atoms with Crippen molar-refractivity contribution in [3.05, 3.63) is 17.5 Å². The van der Waals surface area contributed by atoms with Gasteiger partial charge in [0.1, 0.15) is 5.76 Å². The highest BCUT2D eigenvalue weighted by molar-refractivity contribution is 5.85. The van der Waals surface area contributed by atoms with Crippen molar-refractivity contribution in [3.63, 3.8) is 0 Å². The van der Waals surface area contributed by atoms with E-state index in [0.717, 1.165) is 19.5 Å². The number of nitrogens with zero attached hydrogens (tertiary/aromatic N) is 2. The molecule has 0 aromatic carbocycles. The lowest BCUT2D eigenvalue weighted by molar-refractivity contribution is 0.0685. The number of piperidine rings is 1. The summed E-state index contributed by atoms with van der Waals surface area (Å²) in [5.41, 5.74) is 0.00141. The molecular weight excluding hydrogens is 232 g/mol. The van der Waals surface area contributed by atoms with Crippen LogP contribution in [0.5, 0.6) is 0 Å². The lowest BCUT2D eigenvalue weighted by Crippen LogP contribution is -2.40. The maximum Gasteiger partial charge on any atom is 0.358 e. The first-order valence-electron chi connectivity index (χ1n) is 6.49. The Bertz CT molecular complexity index is 414. The number of aromatic nitrogens is 1. The fourth-order valence-electron chi connectivity index (χ4n) is 2.53. The Balaban J connectivity index is 1.94. The maximum absolute atomic E-state index is 10.7. The van der Waals surface area contributed by atoms with Crippen LogP contribution in [-0.4, -0.2) is 40.3 Å². The van der Waals surface area contributed by atoms with E-state index in [9.17, 15) is 4.79 Å². The van der Waals surface area contributed by atoms with Crippen LogP contribution in [0.4, 0.5) is 0 Å². The zero-order valence-corrected chi connectivity index (χ0v) is 10.9. The topological polar surface area (TPSA) is 66.6 Å². The molecule has 1 atom stereocenters. The van der Waals surface area contributed by atoms with Crippen molar-refractivity contribution in [2.24, 2.45) is 5.92 Å². The molecule has 2 rings (SSSR count). The predicted molar refractivity (Wildman–Crippen MR) is 66.6 cm³/mol. The maximum atomic E-state index is 10.7. The SMILES string of the molecule is CC(C)N1CCCC(Cc2cc(C(=O)O)no2)C1. The summed E-state index contributed by atoms with van der Waals surface area (Å²) in [5.74, 6) is 0.191. The first-order chi connectivity index (χ1) is 8.56. The smallest absolute Gasteiger partial charge is 0.358 e. The van der Waals surface area contributed by atoms with Crippen LogP contribution in [0.3, 0.4) is 0 Å². The van der Waals surface area contributed by atoms with Gasteiger partial charge in [-0.1, -0.05) is 5.16 Å². The Morgan fingerprint density at radius 1 is 1.67 bits per heavy atom. The fourth-order valence-corrected chi connectivity index (χ4v) is 2.53. The lowest BCUT2D eigenvalue weighted by atomic mass is 9.93. The second-order valence-electron chi connectivity index (χ2n) is 5.28. The zero-order valence-electron chi connectivity index (χ0n) is 10.9. The number of carboxylic acid groups (broad SMARTS) is 1. The molecule has 0 saturated carbocycles. The molecule has 1 saturated heterocycles. The minimum atomic E-state index is -1.03. The van der Waals surface area contributed by atoms with Crippen molar-refractivity contribution in [1.82, 2.24) is 10.1 Å². The molecule has 0 spiro atoms. The minimum absolute atomic E-state index is 0.00141. The van der Waals surface area contributed by atoms with Crippen molar-refractivity contribution >= 4 is 5.97 Å². The molecule has 1 aliphatic heterocycles. The average molecular weight is 252 g/mol. The highest BCUT2D eigenvalue weighted by atomic mass is 16.5. The van der Waals surface area contributed by atoms with Gasteiger partial charge in [0.05, 0.1) is 0 Å². The van der Waals surface area contributed by atoms with Crippen LogP contribution in [0.15, 0.2) is 10.6 Å². The van der Waals surface area contributed by atoms with E-state index in [2.05, 4.69) is 23.9 Å². The molecule has 1 aliphatic rings. The van der Waals surface area contributed by atoms with Crippen LogP contribution in [0.1, 0.15) is 42.9 Å². The van der Waals surface area contributed by atoms with Crippen molar-refractivity contribution in [2.45, 2.75) is 39.2 Å². The summed E-state index contributed by atoms with van der Waals surface area (Å²) in [6.45, 7) is 6.63. The van der Waals surface area contributed by atoms with Crippen LogP contribution in [0.25, 0.3) is 0 Å². The van der Waals surface area contributed by atoms with Crippen molar-refractivity contribution in [1.29, 1.82) is 0 Å². The van der Waals surface area contributed by atoms with E-state index in [-0.39, 0.29) is 5.69 Å². The quantitative estimate of drug-likeness (QED) is 0.888. The van der Waals surface area contributed by atoms with E-state index in [0.29, 0.717) is 17.7 Å². The molecule has 1 aromatic rings. The molecule has 5 nitrogen and oxygen atoms in total. The summed E-state index contributed by atoms with van der Waals surface area (Å²) >= 11 is 0. The number of hydrogen-bond donors (Lipinski definition) is 1. The van der Waals surface area contributed by atoms with Gasteiger partial charge >= 0.3 is 5.97 Å². The van der Waals surface area contributed by atoms with Gasteiger partial charge in [-0.15, -0.1) is 0 Å². The summed E-state index contributed by atoms with van der Waals surface area (Å²) < 4.78 is 5.08. The van der Waals surface area contributed by atoms with Crippen LogP contribution < -0.4 is 0 Å². The largest absolute Gasteiger partial charge is 0.476 e. The van der Waals surface area contributed by atoms with Crippen LogP contribution in [0.2, 0.25) is 0 Å². The molecule has 2 heterocycles. The van der Waals surface area contributed by atoms with E-state index >= 15 is 0 Å². The predicted octanol–water partition coefficient (Wildman–Crippen LogP) is 2.04. The normalized spacial score (nSPS) is 21.4. The molecule has 18 heavy (non-hydrogen) atoms. The van der Waals surface area contributed by atoms with Crippen LogP contribution >= 0.6 is 0 Å². The third-order valence-electron chi connectivity index (χ3n) is 3.55. The van der Waals surface area contributed by atoms with E-state index < -0.39 is 5.97 Å². The zero-order chi connectivity index (χ0) is 13.1. The number of aromatic carboxylic acids is 1. The Morgan fingerprint density at radius 3 is 3.06 bits per heavy atom. The molecule has 0 aliphatic carbocycles. The lowest BCUT2D eigenvalue weighted by Gasteiger charge is -2.35. The highest BCUT2D eigenvalue weighted by Gasteiger charge is 2.23. The van der Waals surface area contributed by atoms with Gasteiger partial charge in [0, 0.05) is 25.1 Å². The summed E-state index contributed by atoms with van der Waals surface area (Å²) in [6.07, 6.45) is 3.15. The van der Waals surface area contributed by atoms with Gasteiger partial charge in [0.25, 0.3) is 0 Å². The third kappa shape index (κ3) is 3.10. The molecule has 1 aromatic heterocycles. The molecule has 1 unspecified atom stereocenters. The molecule has 0 radical (unpaired) electrons. The van der Waals surface area contributed by atoms with Gasteiger partial charge in [0.15, 0.2) is 5.69 Å². The van der Waals surface area contributed by atoms with Crippen LogP contribution in [-0.2, 0) is 6.42 Å². The monoisotopic (exact) mass is 252 g/mol. The second kappa shape index (κ2) is 5.52. The first-order valence-corrected chi connectivity index (χ1v) is 6.49. The average Bonchev–Trinajstić information content (AvgIpc) is 2.78. The van der Waals surface area contributed by atoms with Gasteiger partial charge in [-0.3, -0.25) is 0 Å². The Morgan fingerprint density at radius 2 is 2.44 bits per heavy atom. The van der Waals surface area contributed by atoms with Crippen molar-refractivity contribution in [2.75, 3.05) is 13.1 Å². The minimum Gasteiger partial charge on any atom is -0.476 e. The second-order valence-corrected chi connectivity index (χ2v) is 5.28. The summed E-state index contributed by atoms with van der Waals surface area (Å²) in [7, 11) is 0. The van der Waals surface area contributed by atoms with Gasteiger partial charge in [-0.05, 0) is 39.2 Å². The molecule has 0 bridgehead atoms. The van der Waals surface area contributed by atoms with E-state index in [4.69, 9.17) is 9.63 Å². The number of carboxylic acids is 1. The van der Waals surface area contributed by atoms with Crippen molar-refractivity contribution < 1.29 is 14.4 Å². The first kappa shape index (κ1) is 13.1. The van der Waals surface area contributed by atoms with Gasteiger partial charge in [-0.2, -0.15) is 0 Å².